The second-order valence-corrected chi connectivity index (χ2v) is 10.7. The van der Waals surface area contributed by atoms with Crippen LogP contribution in [0.3, 0.4) is 0 Å². The first-order valence-corrected chi connectivity index (χ1v) is 12.9. The van der Waals surface area contributed by atoms with Gasteiger partial charge < -0.3 is 5.32 Å². The number of carbonyl (C=O) groups excluding carboxylic acids is 1. The van der Waals surface area contributed by atoms with Crippen LogP contribution in [0.15, 0.2) is 77.8 Å². The highest BCUT2D eigenvalue weighted by Gasteiger charge is 2.48. The number of hydrogen-bond acceptors (Lipinski definition) is 4. The molecular formula is C25H18Cl2FN3O3S. The van der Waals surface area contributed by atoms with E-state index in [-0.39, 0.29) is 23.4 Å². The van der Waals surface area contributed by atoms with E-state index in [0.717, 1.165) is 5.39 Å². The predicted molar refractivity (Wildman–Crippen MR) is 133 cm³/mol. The van der Waals surface area contributed by atoms with Gasteiger partial charge in [-0.25, -0.2) is 12.8 Å². The van der Waals surface area contributed by atoms with Gasteiger partial charge in [0.15, 0.2) is 0 Å². The molecule has 1 aliphatic heterocycles. The highest BCUT2D eigenvalue weighted by Crippen LogP contribution is 2.36. The molecule has 5 rings (SSSR count). The number of halogens is 3. The van der Waals surface area contributed by atoms with Gasteiger partial charge in [0.05, 0.1) is 15.6 Å². The van der Waals surface area contributed by atoms with Crippen molar-refractivity contribution in [2.75, 3.05) is 6.54 Å². The van der Waals surface area contributed by atoms with Crippen LogP contribution in [0.2, 0.25) is 10.0 Å². The zero-order valence-electron chi connectivity index (χ0n) is 18.1. The highest BCUT2D eigenvalue weighted by atomic mass is 35.5. The Morgan fingerprint density at radius 2 is 1.77 bits per heavy atom. The molecule has 1 saturated heterocycles. The van der Waals surface area contributed by atoms with Crippen molar-refractivity contribution in [1.29, 1.82) is 0 Å². The van der Waals surface area contributed by atoms with Gasteiger partial charge in [-0.15, -0.1) is 0 Å². The van der Waals surface area contributed by atoms with Crippen molar-refractivity contribution in [3.8, 4) is 11.3 Å². The molecule has 2 heterocycles. The summed E-state index contributed by atoms with van der Waals surface area (Å²) in [6.07, 6.45) is 1.57. The Morgan fingerprint density at radius 3 is 2.49 bits per heavy atom. The summed E-state index contributed by atoms with van der Waals surface area (Å²) in [4.78, 5) is 17.1. The van der Waals surface area contributed by atoms with E-state index >= 15 is 4.39 Å². The summed E-state index contributed by atoms with van der Waals surface area (Å²) in [5, 5.41) is 4.91. The molecule has 0 bridgehead atoms. The van der Waals surface area contributed by atoms with Crippen LogP contribution in [0.4, 0.5) is 4.39 Å². The Morgan fingerprint density at radius 1 is 1.00 bits per heavy atom. The molecule has 1 fully saturated rings. The molecule has 1 atom stereocenters. The number of sulfonamides is 1. The minimum Gasteiger partial charge on any atom is -0.354 e. The molecule has 1 amide bonds. The third-order valence-corrected chi connectivity index (χ3v) is 8.06. The summed E-state index contributed by atoms with van der Waals surface area (Å²) in [7, 11) is -4.21. The van der Waals surface area contributed by atoms with Gasteiger partial charge in [-0.2, -0.15) is 4.72 Å². The Hall–Kier alpha value is -3.04. The van der Waals surface area contributed by atoms with Crippen molar-refractivity contribution in [1.82, 2.24) is 15.0 Å². The Kier molecular flexibility index (Phi) is 6.01. The lowest BCUT2D eigenvalue weighted by Crippen LogP contribution is -2.51. The molecule has 0 saturated carbocycles. The molecular weight excluding hydrogens is 512 g/mol. The zero-order chi connectivity index (χ0) is 24.8. The summed E-state index contributed by atoms with van der Waals surface area (Å²) >= 11 is 12.2. The Balaban J connectivity index is 1.56. The van der Waals surface area contributed by atoms with Crippen LogP contribution >= 0.6 is 23.2 Å². The van der Waals surface area contributed by atoms with E-state index in [2.05, 4.69) is 15.0 Å². The monoisotopic (exact) mass is 529 g/mol. The van der Waals surface area contributed by atoms with Crippen LogP contribution < -0.4 is 10.0 Å². The van der Waals surface area contributed by atoms with Gasteiger partial charge in [0.2, 0.25) is 15.9 Å². The summed E-state index contributed by atoms with van der Waals surface area (Å²) in [6, 6.07) is 17.1. The molecule has 178 valence electrons. The predicted octanol–water partition coefficient (Wildman–Crippen LogP) is 5.04. The van der Waals surface area contributed by atoms with Crippen molar-refractivity contribution in [2.24, 2.45) is 0 Å². The summed E-state index contributed by atoms with van der Waals surface area (Å²) in [5.74, 6) is -1.38. The van der Waals surface area contributed by atoms with Crippen molar-refractivity contribution >= 4 is 49.9 Å². The highest BCUT2D eigenvalue weighted by molar-refractivity contribution is 7.89. The van der Waals surface area contributed by atoms with E-state index in [9.17, 15) is 13.2 Å². The fourth-order valence-corrected chi connectivity index (χ4v) is 6.12. The number of nitrogens with zero attached hydrogens (tertiary/aromatic N) is 1. The molecule has 0 aliphatic carbocycles. The summed E-state index contributed by atoms with van der Waals surface area (Å²) in [6.45, 7) is 0.185. The number of fused-ring (bicyclic) bond motifs is 1. The molecule has 35 heavy (non-hydrogen) atoms. The maximum Gasteiger partial charge on any atom is 0.246 e. The number of aromatic nitrogens is 1. The van der Waals surface area contributed by atoms with Crippen molar-refractivity contribution in [3.05, 3.63) is 94.4 Å². The maximum absolute atomic E-state index is 15.5. The van der Waals surface area contributed by atoms with Crippen molar-refractivity contribution < 1.29 is 17.6 Å². The van der Waals surface area contributed by atoms with E-state index in [1.54, 1.807) is 42.5 Å². The first-order valence-electron chi connectivity index (χ1n) is 10.6. The number of pyridine rings is 1. The molecule has 4 aromatic rings. The lowest BCUT2D eigenvalue weighted by atomic mass is 9.88. The van der Waals surface area contributed by atoms with Crippen molar-refractivity contribution in [2.45, 2.75) is 16.9 Å². The molecule has 0 radical (unpaired) electrons. The molecule has 1 aromatic heterocycles. The number of hydrogen-bond donors (Lipinski definition) is 2. The third-order valence-electron chi connectivity index (χ3n) is 6.03. The van der Waals surface area contributed by atoms with Gasteiger partial charge in [-0.1, -0.05) is 47.5 Å². The summed E-state index contributed by atoms with van der Waals surface area (Å²) < 4.78 is 44.8. The van der Waals surface area contributed by atoms with E-state index in [1.165, 1.54) is 30.5 Å². The van der Waals surface area contributed by atoms with Gasteiger partial charge in [-0.3, -0.25) is 9.78 Å². The fourth-order valence-electron chi connectivity index (χ4n) is 4.29. The fraction of sp³-hybridized carbons (Fsp3) is 0.120. The van der Waals surface area contributed by atoms with Gasteiger partial charge in [0.1, 0.15) is 11.4 Å². The Bertz CT molecular complexity index is 1600. The largest absolute Gasteiger partial charge is 0.354 e. The molecule has 3 aromatic carbocycles. The molecule has 0 spiro atoms. The molecule has 2 N–H and O–H groups in total. The second kappa shape index (κ2) is 8.87. The molecule has 10 heteroatoms. The first-order chi connectivity index (χ1) is 16.7. The quantitative estimate of drug-likeness (QED) is 0.379. The average Bonchev–Trinajstić information content (AvgIpc) is 3.18. The van der Waals surface area contributed by atoms with Gasteiger partial charge in [0.25, 0.3) is 0 Å². The maximum atomic E-state index is 15.5. The SMILES string of the molecule is O=C1NCC[C@]1(NS(=O)(=O)c1ccc2cc(Cl)ccc2c1)c1ccc(-c2ncccc2Cl)cc1F. The van der Waals surface area contributed by atoms with Crippen LogP contribution in [0.25, 0.3) is 22.0 Å². The lowest BCUT2D eigenvalue weighted by Gasteiger charge is -2.28. The van der Waals surface area contributed by atoms with E-state index < -0.39 is 27.3 Å². The lowest BCUT2D eigenvalue weighted by molar-refractivity contribution is -0.124. The van der Waals surface area contributed by atoms with E-state index in [0.29, 0.717) is 26.7 Å². The standard InChI is InChI=1S/C25H18Cl2FN3O3S/c26-18-6-3-16-13-19(7-4-15(16)12-18)35(33,34)31-25(9-11-30-24(25)32)20-8-5-17(14-22(20)28)23-21(27)2-1-10-29-23/h1-8,10,12-14,31H,9,11H2,(H,30,32)/t25-/m0/s1. The van der Waals surface area contributed by atoms with E-state index in [1.807, 2.05) is 0 Å². The van der Waals surface area contributed by atoms with Crippen LogP contribution in [0.1, 0.15) is 12.0 Å². The minimum atomic E-state index is -4.21. The Labute approximate surface area is 211 Å². The molecule has 1 aliphatic rings. The third kappa shape index (κ3) is 4.27. The second-order valence-electron chi connectivity index (χ2n) is 8.20. The number of benzene rings is 3. The number of carbonyl (C=O) groups is 1. The number of rotatable bonds is 5. The smallest absolute Gasteiger partial charge is 0.246 e. The normalized spacial score (nSPS) is 18.1. The van der Waals surface area contributed by atoms with Gasteiger partial charge in [-0.05, 0) is 59.7 Å². The first kappa shape index (κ1) is 23.7. The number of amides is 1. The summed E-state index contributed by atoms with van der Waals surface area (Å²) in [5.41, 5.74) is -1.12. The van der Waals surface area contributed by atoms with Crippen LogP contribution in [0, 0.1) is 5.82 Å². The van der Waals surface area contributed by atoms with Crippen LogP contribution in [-0.4, -0.2) is 25.9 Å². The topological polar surface area (TPSA) is 88.2 Å². The number of nitrogens with one attached hydrogen (secondary N) is 2. The molecule has 6 nitrogen and oxygen atoms in total. The average molecular weight is 530 g/mol. The van der Waals surface area contributed by atoms with Crippen molar-refractivity contribution in [3.63, 3.8) is 0 Å². The van der Waals surface area contributed by atoms with Gasteiger partial charge >= 0.3 is 0 Å². The molecule has 0 unspecified atom stereocenters. The van der Waals surface area contributed by atoms with Crippen LogP contribution in [0.5, 0.6) is 0 Å². The minimum absolute atomic E-state index is 0.0366. The van der Waals surface area contributed by atoms with Crippen LogP contribution in [-0.2, 0) is 20.4 Å². The van der Waals surface area contributed by atoms with Gasteiger partial charge in [0, 0.05) is 28.9 Å². The zero-order valence-corrected chi connectivity index (χ0v) is 20.4. The van der Waals surface area contributed by atoms with E-state index in [4.69, 9.17) is 23.2 Å².